The fourth-order valence-electron chi connectivity index (χ4n) is 2.12. The lowest BCUT2D eigenvalue weighted by molar-refractivity contribution is 0.0556. The molecule has 1 heterocycles. The highest BCUT2D eigenvalue weighted by Gasteiger charge is 2.29. The second-order valence-electron chi connectivity index (χ2n) is 4.36. The topological polar surface area (TPSA) is 18.5 Å². The minimum atomic E-state index is -0.333. The number of benzene rings is 1. The summed E-state index contributed by atoms with van der Waals surface area (Å²) in [5.74, 6) is -0.0605. The minimum Gasteiger partial charge on any atom is -0.494 e. The molecule has 0 aliphatic carbocycles. The molecule has 0 amide bonds. The Balaban J connectivity index is 2.14. The smallest absolute Gasteiger partial charge is 0.165 e. The third kappa shape index (κ3) is 2.80. The summed E-state index contributed by atoms with van der Waals surface area (Å²) in [6, 6.07) is 5.02. The third-order valence-corrected chi connectivity index (χ3v) is 4.20. The van der Waals surface area contributed by atoms with Crippen LogP contribution >= 0.6 is 15.9 Å². The Labute approximate surface area is 109 Å². The summed E-state index contributed by atoms with van der Waals surface area (Å²) >= 11 is 3.59. The van der Waals surface area contributed by atoms with E-state index in [0.717, 1.165) is 18.4 Å². The highest BCUT2D eigenvalue weighted by molar-refractivity contribution is 9.09. The van der Waals surface area contributed by atoms with Crippen molar-refractivity contribution in [3.8, 4) is 5.75 Å². The molecule has 1 aromatic rings. The number of hydrogen-bond donors (Lipinski definition) is 0. The van der Waals surface area contributed by atoms with Crippen molar-refractivity contribution >= 4 is 15.9 Å². The molecular weight excluding hydrogens is 287 g/mol. The molecule has 17 heavy (non-hydrogen) atoms. The van der Waals surface area contributed by atoms with E-state index in [4.69, 9.17) is 9.47 Å². The predicted octanol–water partition coefficient (Wildman–Crippen LogP) is 3.84. The van der Waals surface area contributed by atoms with Gasteiger partial charge in [0.25, 0.3) is 0 Å². The van der Waals surface area contributed by atoms with Crippen LogP contribution in [0.4, 0.5) is 4.39 Å². The van der Waals surface area contributed by atoms with Crippen LogP contribution in [0.3, 0.4) is 0 Å². The average Bonchev–Trinajstić information content (AvgIpc) is 2.75. The Morgan fingerprint density at radius 2 is 2.24 bits per heavy atom. The predicted molar refractivity (Wildman–Crippen MR) is 68.2 cm³/mol. The third-order valence-electron chi connectivity index (χ3n) is 3.09. The van der Waals surface area contributed by atoms with E-state index < -0.39 is 0 Å². The summed E-state index contributed by atoms with van der Waals surface area (Å²) in [5, 5.41) is 0. The number of alkyl halides is 1. The van der Waals surface area contributed by atoms with Crippen LogP contribution in [0.15, 0.2) is 18.2 Å². The Hall–Kier alpha value is -0.610. The maximum absolute atomic E-state index is 13.6. The fourth-order valence-corrected chi connectivity index (χ4v) is 2.79. The van der Waals surface area contributed by atoms with E-state index in [1.807, 2.05) is 6.07 Å². The summed E-state index contributed by atoms with van der Waals surface area (Å²) in [4.78, 5) is 0.0351. The van der Waals surface area contributed by atoms with Crippen LogP contribution < -0.4 is 4.74 Å². The SMILES string of the molecule is COc1ccc(C(Br)C2CCC(C)O2)cc1F. The van der Waals surface area contributed by atoms with Gasteiger partial charge in [-0.25, -0.2) is 4.39 Å². The summed E-state index contributed by atoms with van der Waals surface area (Å²) in [6.45, 7) is 2.06. The van der Waals surface area contributed by atoms with Crippen molar-refractivity contribution in [1.82, 2.24) is 0 Å². The van der Waals surface area contributed by atoms with Gasteiger partial charge in [0, 0.05) is 0 Å². The van der Waals surface area contributed by atoms with Gasteiger partial charge in [0.1, 0.15) is 0 Å². The number of halogens is 2. The van der Waals surface area contributed by atoms with Crippen molar-refractivity contribution in [3.63, 3.8) is 0 Å². The van der Waals surface area contributed by atoms with Crippen LogP contribution in [0.2, 0.25) is 0 Å². The maximum Gasteiger partial charge on any atom is 0.165 e. The molecule has 3 atom stereocenters. The molecule has 0 saturated carbocycles. The Morgan fingerprint density at radius 3 is 2.76 bits per heavy atom. The van der Waals surface area contributed by atoms with E-state index in [2.05, 4.69) is 22.9 Å². The van der Waals surface area contributed by atoms with Gasteiger partial charge in [-0.3, -0.25) is 0 Å². The van der Waals surface area contributed by atoms with Crippen LogP contribution in [0.25, 0.3) is 0 Å². The Morgan fingerprint density at radius 1 is 1.47 bits per heavy atom. The van der Waals surface area contributed by atoms with Crippen LogP contribution in [0, 0.1) is 5.82 Å². The van der Waals surface area contributed by atoms with Crippen LogP contribution in [0.5, 0.6) is 5.75 Å². The number of hydrogen-bond acceptors (Lipinski definition) is 2. The van der Waals surface area contributed by atoms with E-state index in [-0.39, 0.29) is 22.5 Å². The van der Waals surface area contributed by atoms with Crippen molar-refractivity contribution < 1.29 is 13.9 Å². The summed E-state index contributed by atoms with van der Waals surface area (Å²) in [5.41, 5.74) is 0.891. The molecule has 1 saturated heterocycles. The van der Waals surface area contributed by atoms with E-state index in [0.29, 0.717) is 6.10 Å². The quantitative estimate of drug-likeness (QED) is 0.790. The molecular formula is C13H16BrFO2. The molecule has 2 rings (SSSR count). The number of methoxy groups -OCH3 is 1. The van der Waals surface area contributed by atoms with Crippen molar-refractivity contribution in [2.24, 2.45) is 0 Å². The second-order valence-corrected chi connectivity index (χ2v) is 5.34. The molecule has 1 aromatic carbocycles. The van der Waals surface area contributed by atoms with Gasteiger partial charge in [0.2, 0.25) is 0 Å². The van der Waals surface area contributed by atoms with Gasteiger partial charge >= 0.3 is 0 Å². The number of rotatable bonds is 3. The molecule has 3 unspecified atom stereocenters. The van der Waals surface area contributed by atoms with Gasteiger partial charge in [-0.05, 0) is 37.5 Å². The van der Waals surface area contributed by atoms with Gasteiger partial charge in [-0.1, -0.05) is 22.0 Å². The van der Waals surface area contributed by atoms with Gasteiger partial charge in [-0.2, -0.15) is 0 Å². The van der Waals surface area contributed by atoms with Gasteiger partial charge in [0.15, 0.2) is 11.6 Å². The summed E-state index contributed by atoms with van der Waals surface area (Å²) in [6.07, 6.45) is 2.48. The lowest BCUT2D eigenvalue weighted by Crippen LogP contribution is -2.14. The minimum absolute atomic E-state index is 0.0351. The highest BCUT2D eigenvalue weighted by Crippen LogP contribution is 2.37. The van der Waals surface area contributed by atoms with Gasteiger partial charge < -0.3 is 9.47 Å². The average molecular weight is 303 g/mol. The van der Waals surface area contributed by atoms with E-state index in [9.17, 15) is 4.39 Å². The molecule has 94 valence electrons. The van der Waals surface area contributed by atoms with Crippen LogP contribution in [-0.4, -0.2) is 19.3 Å². The normalized spacial score (nSPS) is 25.9. The number of ether oxygens (including phenoxy) is 2. The van der Waals surface area contributed by atoms with Crippen molar-refractivity contribution in [2.75, 3.05) is 7.11 Å². The zero-order chi connectivity index (χ0) is 12.4. The first-order valence-corrected chi connectivity index (χ1v) is 6.66. The molecule has 2 nitrogen and oxygen atoms in total. The summed E-state index contributed by atoms with van der Waals surface area (Å²) < 4.78 is 24.3. The zero-order valence-electron chi connectivity index (χ0n) is 9.95. The largest absolute Gasteiger partial charge is 0.494 e. The lowest BCUT2D eigenvalue weighted by atomic mass is 10.0. The lowest BCUT2D eigenvalue weighted by Gasteiger charge is -2.18. The molecule has 0 N–H and O–H groups in total. The van der Waals surface area contributed by atoms with E-state index >= 15 is 0 Å². The van der Waals surface area contributed by atoms with Gasteiger partial charge in [0.05, 0.1) is 24.1 Å². The van der Waals surface area contributed by atoms with E-state index in [1.54, 1.807) is 6.07 Å². The molecule has 0 aromatic heterocycles. The molecule has 4 heteroatoms. The molecule has 0 spiro atoms. The molecule has 1 fully saturated rings. The maximum atomic E-state index is 13.6. The van der Waals surface area contributed by atoms with E-state index in [1.165, 1.54) is 13.2 Å². The highest BCUT2D eigenvalue weighted by atomic mass is 79.9. The zero-order valence-corrected chi connectivity index (χ0v) is 11.5. The standard InChI is InChI=1S/C13H16BrFO2/c1-8-3-5-12(17-8)13(14)9-4-6-11(16-2)10(15)7-9/h4,6-8,12-13H,3,5H2,1-2H3. The van der Waals surface area contributed by atoms with Crippen LogP contribution in [-0.2, 0) is 4.74 Å². The fraction of sp³-hybridized carbons (Fsp3) is 0.538. The van der Waals surface area contributed by atoms with Crippen molar-refractivity contribution in [2.45, 2.75) is 36.8 Å². The van der Waals surface area contributed by atoms with Gasteiger partial charge in [-0.15, -0.1) is 0 Å². The molecule has 1 aliphatic heterocycles. The summed E-state index contributed by atoms with van der Waals surface area (Å²) in [7, 11) is 1.46. The molecule has 1 aliphatic rings. The Bertz CT molecular complexity index is 397. The monoisotopic (exact) mass is 302 g/mol. The molecule has 0 bridgehead atoms. The first-order valence-electron chi connectivity index (χ1n) is 5.74. The second kappa shape index (κ2) is 5.36. The van der Waals surface area contributed by atoms with Crippen molar-refractivity contribution in [1.29, 1.82) is 0 Å². The van der Waals surface area contributed by atoms with Crippen LogP contribution in [0.1, 0.15) is 30.2 Å². The van der Waals surface area contributed by atoms with Crippen molar-refractivity contribution in [3.05, 3.63) is 29.6 Å². The Kier molecular flexibility index (Phi) is 4.05. The molecule has 0 radical (unpaired) electrons. The first kappa shape index (κ1) is 12.8. The first-order chi connectivity index (χ1) is 8.11.